The molecule has 0 radical (unpaired) electrons. The van der Waals surface area contributed by atoms with Crippen LogP contribution in [0.2, 0.25) is 0 Å². The molecule has 0 aliphatic carbocycles. The van der Waals surface area contributed by atoms with Crippen molar-refractivity contribution in [3.05, 3.63) is 87.1 Å². The minimum Gasteiger partial charge on any atom is -0.350 e. The van der Waals surface area contributed by atoms with Gasteiger partial charge in [-0.1, -0.05) is 61.0 Å². The maximum atomic E-state index is 12.9. The van der Waals surface area contributed by atoms with E-state index in [4.69, 9.17) is 0 Å². The number of amides is 2. The predicted molar refractivity (Wildman–Crippen MR) is 120 cm³/mol. The molecule has 0 atom stereocenters. The summed E-state index contributed by atoms with van der Waals surface area (Å²) in [6.45, 7) is 5.48. The number of rotatable bonds is 7. The molecule has 8 nitrogen and oxygen atoms in total. The Bertz CT molecular complexity index is 1190. The molecule has 2 heterocycles. The normalized spacial score (nSPS) is 13.2. The molecule has 0 spiro atoms. The van der Waals surface area contributed by atoms with Crippen LogP contribution < -0.4 is 11.0 Å². The molecule has 0 unspecified atom stereocenters. The summed E-state index contributed by atoms with van der Waals surface area (Å²) in [5.41, 5.74) is 3.93. The number of hydrogen-bond acceptors (Lipinski definition) is 4. The number of nitrogens with one attached hydrogen (secondary N) is 1. The van der Waals surface area contributed by atoms with Crippen molar-refractivity contribution in [2.24, 2.45) is 0 Å². The van der Waals surface area contributed by atoms with Crippen molar-refractivity contribution in [2.45, 2.75) is 46.4 Å². The Hall–Kier alpha value is -3.68. The molecule has 3 aromatic rings. The lowest BCUT2D eigenvalue weighted by atomic mass is 10.1. The molecule has 2 aromatic carbocycles. The van der Waals surface area contributed by atoms with Gasteiger partial charge in [-0.2, -0.15) is 0 Å². The third-order valence-electron chi connectivity index (χ3n) is 5.67. The SMILES string of the molecule is CCc1ccc(CNC(=O)Cn2nc3n(c2=O)CCN(Cc2cccc(C)c2)C3=O)cc1. The maximum Gasteiger partial charge on any atom is 0.346 e. The molecule has 1 aromatic heterocycles. The van der Waals surface area contributed by atoms with Crippen molar-refractivity contribution in [3.63, 3.8) is 0 Å². The van der Waals surface area contributed by atoms with Crippen LogP contribution in [0.25, 0.3) is 0 Å². The summed E-state index contributed by atoms with van der Waals surface area (Å²) < 4.78 is 2.42. The third-order valence-corrected chi connectivity index (χ3v) is 5.67. The van der Waals surface area contributed by atoms with Gasteiger partial charge in [-0.05, 0) is 30.0 Å². The number of benzene rings is 2. The molecule has 1 aliphatic heterocycles. The van der Waals surface area contributed by atoms with E-state index < -0.39 is 5.69 Å². The van der Waals surface area contributed by atoms with Crippen molar-refractivity contribution >= 4 is 11.8 Å². The topological polar surface area (TPSA) is 89.2 Å². The molecule has 2 amide bonds. The molecular weight excluding hydrogens is 406 g/mol. The zero-order valence-corrected chi connectivity index (χ0v) is 18.4. The number of carbonyl (C=O) groups is 2. The Labute approximate surface area is 186 Å². The van der Waals surface area contributed by atoms with Gasteiger partial charge in [0.15, 0.2) is 0 Å². The Balaban J connectivity index is 1.41. The van der Waals surface area contributed by atoms with Crippen LogP contribution >= 0.6 is 0 Å². The lowest BCUT2D eigenvalue weighted by Gasteiger charge is -2.26. The monoisotopic (exact) mass is 433 g/mol. The summed E-state index contributed by atoms with van der Waals surface area (Å²) in [5, 5.41) is 6.98. The van der Waals surface area contributed by atoms with Crippen molar-refractivity contribution in [3.8, 4) is 0 Å². The average Bonchev–Trinajstić information content (AvgIpc) is 3.10. The Morgan fingerprint density at radius 1 is 1.03 bits per heavy atom. The largest absolute Gasteiger partial charge is 0.350 e. The number of aryl methyl sites for hydroxylation is 2. The molecule has 0 saturated carbocycles. The molecule has 1 N–H and O–H groups in total. The Morgan fingerprint density at radius 3 is 2.50 bits per heavy atom. The zero-order chi connectivity index (χ0) is 22.7. The van der Waals surface area contributed by atoms with E-state index in [9.17, 15) is 14.4 Å². The fourth-order valence-electron chi connectivity index (χ4n) is 3.83. The molecule has 166 valence electrons. The highest BCUT2D eigenvalue weighted by atomic mass is 16.2. The van der Waals surface area contributed by atoms with Crippen LogP contribution in [0.1, 0.15) is 39.8 Å². The second-order valence-corrected chi connectivity index (χ2v) is 8.08. The van der Waals surface area contributed by atoms with Crippen LogP contribution in [0.4, 0.5) is 0 Å². The number of nitrogens with zero attached hydrogens (tertiary/aromatic N) is 4. The molecule has 0 fully saturated rings. The first-order valence-corrected chi connectivity index (χ1v) is 10.8. The number of aromatic nitrogens is 3. The van der Waals surface area contributed by atoms with Gasteiger partial charge in [0, 0.05) is 26.2 Å². The van der Waals surface area contributed by atoms with Crippen LogP contribution in [0.15, 0.2) is 53.3 Å². The molecule has 8 heteroatoms. The van der Waals surface area contributed by atoms with Gasteiger partial charge in [0.1, 0.15) is 6.54 Å². The van der Waals surface area contributed by atoms with Gasteiger partial charge in [-0.25, -0.2) is 9.48 Å². The summed E-state index contributed by atoms with van der Waals surface area (Å²) in [6, 6.07) is 16.0. The fraction of sp³-hybridized carbons (Fsp3) is 0.333. The number of hydrogen-bond donors (Lipinski definition) is 1. The van der Waals surface area contributed by atoms with Crippen molar-refractivity contribution in [1.29, 1.82) is 0 Å². The molecular formula is C24H27N5O3. The quantitative estimate of drug-likeness (QED) is 0.616. The fourth-order valence-corrected chi connectivity index (χ4v) is 3.83. The first-order chi connectivity index (χ1) is 15.4. The van der Waals surface area contributed by atoms with Gasteiger partial charge >= 0.3 is 5.69 Å². The van der Waals surface area contributed by atoms with Crippen LogP contribution in [0, 0.1) is 6.92 Å². The minimum atomic E-state index is -0.439. The van der Waals surface area contributed by atoms with E-state index in [-0.39, 0.29) is 24.2 Å². The molecule has 32 heavy (non-hydrogen) atoms. The van der Waals surface area contributed by atoms with Crippen LogP contribution in [0.3, 0.4) is 0 Å². The highest BCUT2D eigenvalue weighted by Crippen LogP contribution is 2.14. The van der Waals surface area contributed by atoms with Gasteiger partial charge in [-0.15, -0.1) is 5.10 Å². The van der Waals surface area contributed by atoms with Crippen LogP contribution in [-0.2, 0) is 37.4 Å². The molecule has 1 aliphatic rings. The second kappa shape index (κ2) is 9.21. The van der Waals surface area contributed by atoms with E-state index >= 15 is 0 Å². The smallest absolute Gasteiger partial charge is 0.346 e. The van der Waals surface area contributed by atoms with Crippen molar-refractivity contribution < 1.29 is 9.59 Å². The van der Waals surface area contributed by atoms with Crippen LogP contribution in [-0.4, -0.2) is 37.6 Å². The Morgan fingerprint density at radius 2 is 1.78 bits per heavy atom. The third kappa shape index (κ3) is 4.64. The predicted octanol–water partition coefficient (Wildman–Crippen LogP) is 1.89. The number of carbonyl (C=O) groups excluding carboxylic acids is 2. The van der Waals surface area contributed by atoms with E-state index in [0.717, 1.165) is 27.8 Å². The van der Waals surface area contributed by atoms with E-state index in [1.807, 2.05) is 55.5 Å². The Kier molecular flexibility index (Phi) is 6.20. The van der Waals surface area contributed by atoms with Gasteiger partial charge in [0.05, 0.1) is 0 Å². The molecule has 0 saturated heterocycles. The summed E-state index contributed by atoms with van der Waals surface area (Å²) >= 11 is 0. The summed E-state index contributed by atoms with van der Waals surface area (Å²) in [4.78, 5) is 39.6. The van der Waals surface area contributed by atoms with Gasteiger partial charge < -0.3 is 10.2 Å². The average molecular weight is 434 g/mol. The zero-order valence-electron chi connectivity index (χ0n) is 18.4. The number of fused-ring (bicyclic) bond motifs is 1. The summed E-state index contributed by atoms with van der Waals surface area (Å²) in [7, 11) is 0. The lowest BCUT2D eigenvalue weighted by molar-refractivity contribution is -0.122. The molecule has 4 rings (SSSR count). The first-order valence-electron chi connectivity index (χ1n) is 10.8. The lowest BCUT2D eigenvalue weighted by Crippen LogP contribution is -2.42. The summed E-state index contributed by atoms with van der Waals surface area (Å²) in [6.07, 6.45) is 0.960. The minimum absolute atomic E-state index is 0.0804. The second-order valence-electron chi connectivity index (χ2n) is 8.08. The van der Waals surface area contributed by atoms with E-state index in [1.165, 1.54) is 10.1 Å². The van der Waals surface area contributed by atoms with E-state index in [0.29, 0.717) is 26.2 Å². The highest BCUT2D eigenvalue weighted by Gasteiger charge is 2.30. The van der Waals surface area contributed by atoms with Gasteiger partial charge in [-0.3, -0.25) is 14.2 Å². The van der Waals surface area contributed by atoms with E-state index in [2.05, 4.69) is 17.3 Å². The first kappa shape index (κ1) is 21.5. The van der Waals surface area contributed by atoms with Crippen molar-refractivity contribution in [2.75, 3.05) is 6.54 Å². The van der Waals surface area contributed by atoms with Crippen molar-refractivity contribution in [1.82, 2.24) is 24.6 Å². The summed E-state index contributed by atoms with van der Waals surface area (Å²) in [5.74, 6) is -0.548. The van der Waals surface area contributed by atoms with Gasteiger partial charge in [0.2, 0.25) is 11.7 Å². The molecule has 0 bridgehead atoms. The van der Waals surface area contributed by atoms with E-state index in [1.54, 1.807) is 4.90 Å². The highest BCUT2D eigenvalue weighted by molar-refractivity contribution is 5.91. The maximum absolute atomic E-state index is 12.9. The van der Waals surface area contributed by atoms with Gasteiger partial charge in [0.25, 0.3) is 5.91 Å². The standard InChI is InChI=1S/C24H27N5O3/c1-3-18-7-9-19(10-8-18)14-25-21(30)16-29-24(32)28-12-11-27(23(31)22(28)26-29)15-20-6-4-5-17(2)13-20/h4-10,13H,3,11-12,14-16H2,1-2H3,(H,25,30). The van der Waals surface area contributed by atoms with Crippen LogP contribution in [0.5, 0.6) is 0 Å².